The van der Waals surface area contributed by atoms with Gasteiger partial charge in [-0.1, -0.05) is 35.9 Å². The zero-order valence-corrected chi connectivity index (χ0v) is 16.5. The molecule has 6 nitrogen and oxygen atoms in total. The number of amides is 1. The van der Waals surface area contributed by atoms with Gasteiger partial charge in [0.25, 0.3) is 0 Å². The molecule has 1 heterocycles. The molecular weight excluding hydrogens is 395 g/mol. The minimum absolute atomic E-state index is 0.00228. The number of aromatic nitrogens is 3. The largest absolute Gasteiger partial charge is 0.390 e. The highest BCUT2D eigenvalue weighted by molar-refractivity contribution is 6.30. The van der Waals surface area contributed by atoms with E-state index in [0.29, 0.717) is 30.2 Å². The molecule has 4 rings (SSSR count). The van der Waals surface area contributed by atoms with E-state index in [9.17, 15) is 14.3 Å². The number of hydrogen-bond acceptors (Lipinski definition) is 4. The van der Waals surface area contributed by atoms with Crippen molar-refractivity contribution in [2.45, 2.75) is 38.5 Å². The minimum atomic E-state index is -0.659. The third kappa shape index (κ3) is 3.88. The molecule has 1 aliphatic rings. The van der Waals surface area contributed by atoms with Crippen molar-refractivity contribution in [2.24, 2.45) is 0 Å². The van der Waals surface area contributed by atoms with Crippen molar-refractivity contribution in [3.8, 4) is 11.4 Å². The average molecular weight is 415 g/mol. The van der Waals surface area contributed by atoms with E-state index in [2.05, 4.69) is 15.4 Å². The predicted octanol–water partition coefficient (Wildman–Crippen LogP) is 3.07. The van der Waals surface area contributed by atoms with Crippen LogP contribution in [-0.4, -0.2) is 31.9 Å². The molecule has 0 fully saturated rings. The SMILES string of the molecule is CCn1nc(-c2ccc(Cl)c(F)c2)nc1CC(=O)N[C@H]1c2ccccc2C[C@H]1O. The number of halogens is 2. The van der Waals surface area contributed by atoms with E-state index in [1.807, 2.05) is 31.2 Å². The van der Waals surface area contributed by atoms with Crippen LogP contribution in [0.5, 0.6) is 0 Å². The second kappa shape index (κ2) is 7.93. The maximum Gasteiger partial charge on any atom is 0.228 e. The first-order valence-electron chi connectivity index (χ1n) is 9.40. The molecule has 0 aliphatic heterocycles. The second-order valence-electron chi connectivity index (χ2n) is 6.99. The van der Waals surface area contributed by atoms with Gasteiger partial charge in [-0.25, -0.2) is 14.1 Å². The summed E-state index contributed by atoms with van der Waals surface area (Å²) in [6.07, 6.45) is -0.145. The Labute approximate surface area is 172 Å². The van der Waals surface area contributed by atoms with Crippen LogP contribution in [-0.2, 0) is 24.2 Å². The van der Waals surface area contributed by atoms with Gasteiger partial charge in [-0.15, -0.1) is 0 Å². The quantitative estimate of drug-likeness (QED) is 0.672. The smallest absolute Gasteiger partial charge is 0.228 e. The van der Waals surface area contributed by atoms with Crippen molar-refractivity contribution in [3.05, 3.63) is 70.3 Å². The number of carbonyl (C=O) groups excluding carboxylic acids is 1. The summed E-state index contributed by atoms with van der Waals surface area (Å²) in [6.45, 7) is 2.40. The van der Waals surface area contributed by atoms with Gasteiger partial charge in [0.1, 0.15) is 11.6 Å². The van der Waals surface area contributed by atoms with Gasteiger partial charge >= 0.3 is 0 Å². The predicted molar refractivity (Wildman–Crippen MR) is 107 cm³/mol. The molecule has 1 aliphatic carbocycles. The maximum atomic E-state index is 13.8. The monoisotopic (exact) mass is 414 g/mol. The highest BCUT2D eigenvalue weighted by Gasteiger charge is 2.32. The fourth-order valence-electron chi connectivity index (χ4n) is 3.63. The second-order valence-corrected chi connectivity index (χ2v) is 7.40. The number of rotatable bonds is 5. The fourth-order valence-corrected chi connectivity index (χ4v) is 3.75. The zero-order valence-electron chi connectivity index (χ0n) is 15.8. The van der Waals surface area contributed by atoms with E-state index >= 15 is 0 Å². The molecule has 2 aromatic carbocycles. The molecule has 3 aromatic rings. The average Bonchev–Trinajstić information content (AvgIpc) is 3.25. The van der Waals surface area contributed by atoms with E-state index in [1.165, 1.54) is 12.1 Å². The normalized spacial score (nSPS) is 17.9. The van der Waals surface area contributed by atoms with Crippen LogP contribution in [0.2, 0.25) is 5.02 Å². The van der Waals surface area contributed by atoms with Crippen LogP contribution in [0.1, 0.15) is 29.9 Å². The first-order valence-corrected chi connectivity index (χ1v) is 9.78. The third-order valence-electron chi connectivity index (χ3n) is 5.06. The lowest BCUT2D eigenvalue weighted by atomic mass is 10.1. The van der Waals surface area contributed by atoms with Crippen LogP contribution in [0.3, 0.4) is 0 Å². The number of aryl methyl sites for hydroxylation is 1. The molecule has 29 heavy (non-hydrogen) atoms. The van der Waals surface area contributed by atoms with Gasteiger partial charge in [0, 0.05) is 18.5 Å². The first kappa shape index (κ1) is 19.5. The van der Waals surface area contributed by atoms with Crippen LogP contribution in [0.25, 0.3) is 11.4 Å². The van der Waals surface area contributed by atoms with Gasteiger partial charge in [-0.3, -0.25) is 4.79 Å². The summed E-state index contributed by atoms with van der Waals surface area (Å²) >= 11 is 5.74. The van der Waals surface area contributed by atoms with Crippen molar-refractivity contribution < 1.29 is 14.3 Å². The number of benzene rings is 2. The summed E-state index contributed by atoms with van der Waals surface area (Å²) in [5.41, 5.74) is 2.46. The highest BCUT2D eigenvalue weighted by Crippen LogP contribution is 2.31. The summed E-state index contributed by atoms with van der Waals surface area (Å²) in [5.74, 6) is -0.0144. The Morgan fingerprint density at radius 2 is 2.14 bits per heavy atom. The Hall–Kier alpha value is -2.77. The van der Waals surface area contributed by atoms with E-state index in [4.69, 9.17) is 11.6 Å². The zero-order chi connectivity index (χ0) is 20.5. The lowest BCUT2D eigenvalue weighted by molar-refractivity contribution is -0.122. The maximum absolute atomic E-state index is 13.8. The Morgan fingerprint density at radius 1 is 1.34 bits per heavy atom. The summed E-state index contributed by atoms with van der Waals surface area (Å²) < 4.78 is 15.4. The lowest BCUT2D eigenvalue weighted by Crippen LogP contribution is -2.35. The molecule has 1 aromatic heterocycles. The summed E-state index contributed by atoms with van der Waals surface area (Å²) in [5, 5.41) is 17.6. The van der Waals surface area contributed by atoms with Crippen molar-refractivity contribution in [3.63, 3.8) is 0 Å². The first-order chi connectivity index (χ1) is 14.0. The van der Waals surface area contributed by atoms with Crippen LogP contribution in [0.4, 0.5) is 4.39 Å². The standard InChI is InChI=1S/C21H20ClFN4O2/c1-2-27-18(24-21(26-27)13-7-8-15(22)16(23)9-13)11-19(29)25-20-14-6-4-3-5-12(14)10-17(20)28/h3-9,17,20,28H,2,10-11H2,1H3,(H,25,29)/t17-,20+/m1/s1. The van der Waals surface area contributed by atoms with E-state index < -0.39 is 18.0 Å². The molecule has 2 atom stereocenters. The number of nitrogens with zero attached hydrogens (tertiary/aromatic N) is 3. The molecular formula is C21H20ClFN4O2. The number of carbonyl (C=O) groups is 1. The molecule has 0 saturated heterocycles. The van der Waals surface area contributed by atoms with Crippen LogP contribution in [0.15, 0.2) is 42.5 Å². The Bertz CT molecular complexity index is 1070. The van der Waals surface area contributed by atoms with E-state index in [1.54, 1.807) is 10.7 Å². The Kier molecular flexibility index (Phi) is 5.34. The van der Waals surface area contributed by atoms with Crippen LogP contribution < -0.4 is 5.32 Å². The minimum Gasteiger partial charge on any atom is -0.390 e. The van der Waals surface area contributed by atoms with E-state index in [0.717, 1.165) is 11.1 Å². The third-order valence-corrected chi connectivity index (χ3v) is 5.37. The molecule has 150 valence electrons. The molecule has 2 N–H and O–H groups in total. The van der Waals surface area contributed by atoms with E-state index in [-0.39, 0.29) is 17.4 Å². The molecule has 0 spiro atoms. The fraction of sp³-hybridized carbons (Fsp3) is 0.286. The summed E-state index contributed by atoms with van der Waals surface area (Å²) in [7, 11) is 0. The number of aliphatic hydroxyl groups is 1. The van der Waals surface area contributed by atoms with Gasteiger partial charge in [0.2, 0.25) is 5.91 Å². The van der Waals surface area contributed by atoms with Crippen molar-refractivity contribution >= 4 is 17.5 Å². The Balaban J connectivity index is 1.52. The van der Waals surface area contributed by atoms with Crippen molar-refractivity contribution in [2.75, 3.05) is 0 Å². The molecule has 0 bridgehead atoms. The topological polar surface area (TPSA) is 80.0 Å². The number of hydrogen-bond donors (Lipinski definition) is 2. The van der Waals surface area contributed by atoms with Gasteiger partial charge < -0.3 is 10.4 Å². The van der Waals surface area contributed by atoms with Gasteiger partial charge in [-0.2, -0.15) is 5.10 Å². The van der Waals surface area contributed by atoms with Crippen LogP contribution >= 0.6 is 11.6 Å². The summed E-state index contributed by atoms with van der Waals surface area (Å²) in [6, 6.07) is 11.6. The van der Waals surface area contributed by atoms with Crippen LogP contribution in [0, 0.1) is 5.82 Å². The van der Waals surface area contributed by atoms with Gasteiger partial charge in [0.05, 0.1) is 23.6 Å². The van der Waals surface area contributed by atoms with Crippen molar-refractivity contribution in [1.29, 1.82) is 0 Å². The molecule has 8 heteroatoms. The summed E-state index contributed by atoms with van der Waals surface area (Å²) in [4.78, 5) is 17.1. The molecule has 0 saturated carbocycles. The van der Waals surface area contributed by atoms with Crippen molar-refractivity contribution in [1.82, 2.24) is 20.1 Å². The number of aliphatic hydroxyl groups excluding tert-OH is 1. The molecule has 1 amide bonds. The number of nitrogens with one attached hydrogen (secondary N) is 1. The highest BCUT2D eigenvalue weighted by atomic mass is 35.5. The number of fused-ring (bicyclic) bond motifs is 1. The van der Waals surface area contributed by atoms with Gasteiger partial charge in [-0.05, 0) is 36.2 Å². The lowest BCUT2D eigenvalue weighted by Gasteiger charge is -2.17. The molecule has 0 unspecified atom stereocenters. The Morgan fingerprint density at radius 3 is 2.90 bits per heavy atom. The van der Waals surface area contributed by atoms with Gasteiger partial charge in [0.15, 0.2) is 5.82 Å². The molecule has 0 radical (unpaired) electrons.